The molecule has 4 heteroatoms. The summed E-state index contributed by atoms with van der Waals surface area (Å²) in [5, 5.41) is 8.42. The summed E-state index contributed by atoms with van der Waals surface area (Å²) in [4.78, 5) is 5.97. The van der Waals surface area contributed by atoms with E-state index in [0.29, 0.717) is 0 Å². The Bertz CT molecular complexity index is 97.0. The van der Waals surface area contributed by atoms with E-state index >= 15 is 0 Å². The van der Waals surface area contributed by atoms with Crippen molar-refractivity contribution in [1.29, 1.82) is 0 Å². The van der Waals surface area contributed by atoms with Crippen molar-refractivity contribution in [1.82, 2.24) is 4.90 Å². The van der Waals surface area contributed by atoms with Crippen molar-refractivity contribution in [2.24, 2.45) is 4.99 Å². The van der Waals surface area contributed by atoms with Gasteiger partial charge in [-0.25, -0.2) is 0 Å². The number of hydrogen-bond acceptors (Lipinski definition) is 3. The molecular weight excluding hydrogens is 127 g/mol. The van der Waals surface area contributed by atoms with Crippen LogP contribution in [0.4, 0.5) is 0 Å². The van der Waals surface area contributed by atoms with Crippen molar-refractivity contribution >= 4 is 35.9 Å². The first-order chi connectivity index (χ1) is 3.93. The van der Waals surface area contributed by atoms with E-state index in [9.17, 15) is 0 Å². The predicted molar refractivity (Wildman–Crippen MR) is 37.8 cm³/mol. The molecule has 3 nitrogen and oxygen atoms in total. The molecule has 1 N–H and O–H groups in total. The van der Waals surface area contributed by atoms with E-state index in [1.807, 2.05) is 4.90 Å². The van der Waals surface area contributed by atoms with E-state index in [2.05, 4.69) is 4.99 Å². The van der Waals surface area contributed by atoms with Gasteiger partial charge < -0.3 is 10.0 Å². The van der Waals surface area contributed by atoms with E-state index in [1.165, 1.54) is 0 Å². The number of rotatable bonds is 2. The average Bonchev–Trinajstić information content (AvgIpc) is 2.19. The number of β-amino-alcohol motifs (C(OH)–C–C–N with tert-alkyl or cyclic N) is 1. The zero-order chi connectivity index (χ0) is 5.82. The fourth-order valence-corrected chi connectivity index (χ4v) is 0.715. The zero-order valence-electron chi connectivity index (χ0n) is 5.75. The van der Waals surface area contributed by atoms with E-state index in [1.54, 1.807) is 6.34 Å². The van der Waals surface area contributed by atoms with Crippen LogP contribution in [0.5, 0.6) is 0 Å². The van der Waals surface area contributed by atoms with Crippen LogP contribution < -0.4 is 0 Å². The fraction of sp³-hybridized carbons (Fsp3) is 0.800. The molecule has 0 fully saturated rings. The van der Waals surface area contributed by atoms with Crippen molar-refractivity contribution in [3.05, 3.63) is 0 Å². The minimum atomic E-state index is 0. The second kappa shape index (κ2) is 5.23. The monoisotopic (exact) mass is 137 g/mol. The van der Waals surface area contributed by atoms with Crippen LogP contribution in [0.15, 0.2) is 4.99 Å². The van der Waals surface area contributed by atoms with Gasteiger partial charge in [0.15, 0.2) is 0 Å². The molecule has 0 amide bonds. The van der Waals surface area contributed by atoms with Gasteiger partial charge in [0.1, 0.15) is 0 Å². The third-order valence-electron chi connectivity index (χ3n) is 1.15. The van der Waals surface area contributed by atoms with Gasteiger partial charge in [-0.1, -0.05) is 0 Å². The van der Waals surface area contributed by atoms with E-state index in [-0.39, 0.29) is 36.2 Å². The summed E-state index contributed by atoms with van der Waals surface area (Å²) in [7, 11) is 0. The summed E-state index contributed by atoms with van der Waals surface area (Å²) < 4.78 is 0. The van der Waals surface area contributed by atoms with Gasteiger partial charge in [0, 0.05) is 42.6 Å². The molecule has 1 radical (unpaired) electrons. The van der Waals surface area contributed by atoms with Gasteiger partial charge >= 0.3 is 0 Å². The number of aliphatic hydroxyl groups is 1. The Kier molecular flexibility index (Phi) is 5.48. The molecule has 0 aromatic rings. The number of aliphatic hydroxyl groups excluding tert-OH is 1. The summed E-state index contributed by atoms with van der Waals surface area (Å²) >= 11 is 0. The smallest absolute Gasteiger partial charge is 0.0852 e. The molecule has 0 spiro atoms. The van der Waals surface area contributed by atoms with E-state index in [0.717, 1.165) is 19.6 Å². The Labute approximate surface area is 77.1 Å². The second-order valence-corrected chi connectivity index (χ2v) is 1.78. The summed E-state index contributed by atoms with van der Waals surface area (Å²) in [5.41, 5.74) is 0. The number of hydrogen-bond donors (Lipinski definition) is 1. The average molecular weight is 137 g/mol. The van der Waals surface area contributed by atoms with Crippen molar-refractivity contribution in [2.45, 2.75) is 0 Å². The Hall–Kier alpha value is 0.430. The summed E-state index contributed by atoms with van der Waals surface area (Å²) in [6, 6.07) is 0. The number of nitrogens with zero attached hydrogens (tertiary/aromatic N) is 2. The zero-order valence-corrected chi connectivity index (χ0v) is 7.75. The van der Waals surface area contributed by atoms with Crippen LogP contribution in [0.25, 0.3) is 0 Å². The van der Waals surface area contributed by atoms with Crippen LogP contribution in [0.2, 0.25) is 0 Å². The molecule has 0 bridgehead atoms. The van der Waals surface area contributed by atoms with Gasteiger partial charge in [-0.15, -0.1) is 0 Å². The summed E-state index contributed by atoms with van der Waals surface area (Å²) in [6.45, 7) is 2.82. The maximum absolute atomic E-state index is 8.42. The van der Waals surface area contributed by atoms with E-state index < -0.39 is 0 Å². The van der Waals surface area contributed by atoms with Crippen molar-refractivity contribution < 1.29 is 5.11 Å². The molecule has 1 aliphatic rings. The van der Waals surface area contributed by atoms with Crippen LogP contribution in [-0.4, -0.2) is 72.1 Å². The van der Waals surface area contributed by atoms with Crippen LogP contribution >= 0.6 is 0 Å². The molecule has 0 saturated carbocycles. The quantitative estimate of drug-likeness (QED) is 0.492. The molecule has 0 atom stereocenters. The Balaban J connectivity index is 0.000000640. The Morgan fingerprint density at radius 3 is 2.89 bits per heavy atom. The minimum Gasteiger partial charge on any atom is -0.395 e. The minimum absolute atomic E-state index is 0. The molecule has 0 saturated heterocycles. The second-order valence-electron chi connectivity index (χ2n) is 1.78. The molecule has 1 heterocycles. The molecule has 1 rings (SSSR count). The van der Waals surface area contributed by atoms with Crippen LogP contribution in [-0.2, 0) is 0 Å². The summed E-state index contributed by atoms with van der Waals surface area (Å²) in [6.07, 6.45) is 1.79. The molecule has 0 aliphatic carbocycles. The van der Waals surface area contributed by atoms with Gasteiger partial charge in [0.05, 0.1) is 19.5 Å². The first-order valence-electron chi connectivity index (χ1n) is 2.78. The van der Waals surface area contributed by atoms with Crippen LogP contribution in [0.3, 0.4) is 0 Å². The normalized spacial score (nSPS) is 15.9. The van der Waals surface area contributed by atoms with Crippen LogP contribution in [0, 0.1) is 0 Å². The molecule has 0 unspecified atom stereocenters. The standard InChI is InChI=1S/C5H10N2O.Na/c8-4-3-7-2-1-6-5-7;/h5,8H,1-4H2;. The predicted octanol–water partition coefficient (Wildman–Crippen LogP) is -1.06. The molecule has 47 valence electrons. The summed E-state index contributed by atoms with van der Waals surface area (Å²) in [5.74, 6) is 0. The van der Waals surface area contributed by atoms with Crippen molar-refractivity contribution in [3.63, 3.8) is 0 Å². The molecule has 9 heavy (non-hydrogen) atoms. The fourth-order valence-electron chi connectivity index (χ4n) is 0.715. The van der Waals surface area contributed by atoms with Gasteiger partial charge in [-0.2, -0.15) is 0 Å². The SMILES string of the molecule is OCCN1C=NCC1.[Na]. The number of aliphatic imine (C=N–C) groups is 1. The molecule has 0 aromatic heterocycles. The largest absolute Gasteiger partial charge is 0.395 e. The van der Waals surface area contributed by atoms with Gasteiger partial charge in [-0.3, -0.25) is 4.99 Å². The third kappa shape index (κ3) is 3.20. The van der Waals surface area contributed by atoms with Crippen molar-refractivity contribution in [3.8, 4) is 0 Å². The molecule has 0 aromatic carbocycles. The molecule has 1 aliphatic heterocycles. The van der Waals surface area contributed by atoms with E-state index in [4.69, 9.17) is 5.11 Å². The van der Waals surface area contributed by atoms with Crippen LogP contribution in [0.1, 0.15) is 0 Å². The first-order valence-corrected chi connectivity index (χ1v) is 2.78. The van der Waals surface area contributed by atoms with Gasteiger partial charge in [-0.05, 0) is 0 Å². The third-order valence-corrected chi connectivity index (χ3v) is 1.15. The van der Waals surface area contributed by atoms with Crippen molar-refractivity contribution in [2.75, 3.05) is 26.2 Å². The van der Waals surface area contributed by atoms with Gasteiger partial charge in [0.25, 0.3) is 0 Å². The maximum atomic E-state index is 8.42. The Morgan fingerprint density at radius 2 is 2.44 bits per heavy atom. The first kappa shape index (κ1) is 9.43. The maximum Gasteiger partial charge on any atom is 0.0852 e. The van der Waals surface area contributed by atoms with Gasteiger partial charge in [0.2, 0.25) is 0 Å². The topological polar surface area (TPSA) is 35.8 Å². The molecular formula is C5H10N2NaO. The Morgan fingerprint density at radius 1 is 1.67 bits per heavy atom.